The lowest BCUT2D eigenvalue weighted by atomic mass is 10.2. The van der Waals surface area contributed by atoms with Crippen molar-refractivity contribution in [3.05, 3.63) is 9.47 Å². The molecule has 1 aromatic rings. The minimum absolute atomic E-state index is 0.330. The molecule has 1 N–H and O–H groups in total. The number of nitrogens with zero attached hydrogens (tertiary/aromatic N) is 2. The van der Waals surface area contributed by atoms with Crippen molar-refractivity contribution in [1.82, 2.24) is 10.2 Å². The standard InChI is InChI=1S/C7H9ClN2O2S2/c1-4(6(11)12)2-13-3-5-9-10-7(8)14-5/h4H,2-3H2,1H3,(H,11,12). The van der Waals surface area contributed by atoms with Crippen molar-refractivity contribution in [3.8, 4) is 0 Å². The normalized spacial score (nSPS) is 12.7. The second-order valence-corrected chi connectivity index (χ2v) is 5.38. The number of carboxylic acid groups (broad SMARTS) is 1. The molecule has 0 radical (unpaired) electrons. The molecule has 0 aliphatic carbocycles. The molecule has 1 unspecified atom stereocenters. The van der Waals surface area contributed by atoms with Crippen LogP contribution in [0.1, 0.15) is 11.9 Å². The molecule has 0 saturated heterocycles. The SMILES string of the molecule is CC(CSCc1nnc(Cl)s1)C(=O)O. The Hall–Kier alpha value is -0.330. The van der Waals surface area contributed by atoms with Crippen LogP contribution in [0.5, 0.6) is 0 Å². The summed E-state index contributed by atoms with van der Waals surface area (Å²) in [6.07, 6.45) is 0. The lowest BCUT2D eigenvalue weighted by Gasteiger charge is -2.03. The number of halogens is 1. The van der Waals surface area contributed by atoms with Gasteiger partial charge in [-0.2, -0.15) is 11.8 Å². The van der Waals surface area contributed by atoms with Crippen molar-refractivity contribution in [2.45, 2.75) is 12.7 Å². The predicted molar refractivity (Wildman–Crippen MR) is 57.9 cm³/mol. The van der Waals surface area contributed by atoms with E-state index in [1.165, 1.54) is 23.1 Å². The zero-order chi connectivity index (χ0) is 10.6. The molecular formula is C7H9ClN2O2S2. The first-order valence-corrected chi connectivity index (χ1v) is 6.23. The molecule has 14 heavy (non-hydrogen) atoms. The van der Waals surface area contributed by atoms with Crippen LogP contribution in [0, 0.1) is 5.92 Å². The molecule has 0 spiro atoms. The number of rotatable bonds is 5. The Morgan fingerprint density at radius 3 is 2.93 bits per heavy atom. The van der Waals surface area contributed by atoms with Crippen molar-refractivity contribution in [2.75, 3.05) is 5.75 Å². The Morgan fingerprint density at radius 2 is 2.43 bits per heavy atom. The molecule has 7 heteroatoms. The van der Waals surface area contributed by atoms with E-state index in [1.807, 2.05) is 0 Å². The van der Waals surface area contributed by atoms with E-state index < -0.39 is 5.97 Å². The Balaban J connectivity index is 2.25. The molecule has 4 nitrogen and oxygen atoms in total. The lowest BCUT2D eigenvalue weighted by molar-refractivity contribution is -0.140. The Bertz CT molecular complexity index is 318. The number of thioether (sulfide) groups is 1. The van der Waals surface area contributed by atoms with Gasteiger partial charge in [-0.05, 0) is 11.6 Å². The van der Waals surface area contributed by atoms with E-state index in [-0.39, 0.29) is 5.92 Å². The molecule has 1 atom stereocenters. The summed E-state index contributed by atoms with van der Waals surface area (Å²) in [6, 6.07) is 0. The Morgan fingerprint density at radius 1 is 1.71 bits per heavy atom. The van der Waals surface area contributed by atoms with E-state index in [4.69, 9.17) is 16.7 Å². The Kier molecular flexibility index (Phi) is 4.64. The molecule has 1 heterocycles. The molecule has 78 valence electrons. The summed E-state index contributed by atoms with van der Waals surface area (Å²) in [5, 5.41) is 16.9. The van der Waals surface area contributed by atoms with Gasteiger partial charge in [-0.1, -0.05) is 18.3 Å². The van der Waals surface area contributed by atoms with E-state index in [2.05, 4.69) is 10.2 Å². The van der Waals surface area contributed by atoms with Crippen LogP contribution >= 0.6 is 34.7 Å². The van der Waals surface area contributed by atoms with E-state index >= 15 is 0 Å². The first kappa shape index (κ1) is 11.7. The average molecular weight is 253 g/mol. The lowest BCUT2D eigenvalue weighted by Crippen LogP contribution is -2.11. The maximum absolute atomic E-state index is 10.5. The zero-order valence-electron chi connectivity index (χ0n) is 7.44. The van der Waals surface area contributed by atoms with Gasteiger partial charge in [0.25, 0.3) is 0 Å². The smallest absolute Gasteiger partial charge is 0.307 e. The highest BCUT2D eigenvalue weighted by molar-refractivity contribution is 7.98. The largest absolute Gasteiger partial charge is 0.481 e. The van der Waals surface area contributed by atoms with E-state index in [0.29, 0.717) is 16.0 Å². The summed E-state index contributed by atoms with van der Waals surface area (Å²) in [6.45, 7) is 1.68. The molecular weight excluding hydrogens is 244 g/mol. The first-order chi connectivity index (χ1) is 6.59. The maximum atomic E-state index is 10.5. The minimum Gasteiger partial charge on any atom is -0.481 e. The minimum atomic E-state index is -0.771. The van der Waals surface area contributed by atoms with Gasteiger partial charge in [-0.25, -0.2) is 0 Å². The summed E-state index contributed by atoms with van der Waals surface area (Å²) in [5.41, 5.74) is 0. The van der Waals surface area contributed by atoms with Crippen LogP contribution in [0.2, 0.25) is 4.47 Å². The van der Waals surface area contributed by atoms with Crippen molar-refractivity contribution < 1.29 is 9.90 Å². The van der Waals surface area contributed by atoms with Gasteiger partial charge in [0.2, 0.25) is 4.47 Å². The van der Waals surface area contributed by atoms with E-state index in [0.717, 1.165) is 5.01 Å². The first-order valence-electron chi connectivity index (χ1n) is 3.88. The molecule has 1 aromatic heterocycles. The highest BCUT2D eigenvalue weighted by Gasteiger charge is 2.11. The van der Waals surface area contributed by atoms with Crippen LogP contribution in [0.15, 0.2) is 0 Å². The van der Waals surface area contributed by atoms with Crippen LogP contribution in [-0.2, 0) is 10.5 Å². The molecule has 0 saturated carbocycles. The highest BCUT2D eigenvalue weighted by atomic mass is 35.5. The van der Waals surface area contributed by atoms with Gasteiger partial charge in [-0.3, -0.25) is 4.79 Å². The number of hydrogen-bond acceptors (Lipinski definition) is 5. The summed E-state index contributed by atoms with van der Waals surface area (Å²) < 4.78 is 0.423. The molecule has 0 aliphatic rings. The van der Waals surface area contributed by atoms with Crippen molar-refractivity contribution in [2.24, 2.45) is 5.92 Å². The molecule has 0 aromatic carbocycles. The van der Waals surface area contributed by atoms with Gasteiger partial charge in [0.05, 0.1) is 5.92 Å². The van der Waals surface area contributed by atoms with Gasteiger partial charge >= 0.3 is 5.97 Å². The monoisotopic (exact) mass is 252 g/mol. The summed E-state index contributed by atoms with van der Waals surface area (Å²) in [5.74, 6) is 0.144. The third-order valence-corrected chi connectivity index (χ3v) is 3.87. The van der Waals surface area contributed by atoms with Crippen molar-refractivity contribution >= 4 is 40.7 Å². The number of hydrogen-bond donors (Lipinski definition) is 1. The van der Waals surface area contributed by atoms with Gasteiger partial charge in [0, 0.05) is 11.5 Å². The van der Waals surface area contributed by atoms with Crippen molar-refractivity contribution in [3.63, 3.8) is 0 Å². The van der Waals surface area contributed by atoms with Gasteiger partial charge in [0.1, 0.15) is 5.01 Å². The second-order valence-electron chi connectivity index (χ2n) is 2.70. The van der Waals surface area contributed by atoms with Gasteiger partial charge in [-0.15, -0.1) is 10.2 Å². The fourth-order valence-corrected chi connectivity index (χ4v) is 2.68. The summed E-state index contributed by atoms with van der Waals surface area (Å²) in [7, 11) is 0. The van der Waals surface area contributed by atoms with Crippen LogP contribution in [0.3, 0.4) is 0 Å². The fraction of sp³-hybridized carbons (Fsp3) is 0.571. The number of carboxylic acids is 1. The molecule has 0 bridgehead atoms. The Labute approximate surface area is 94.7 Å². The maximum Gasteiger partial charge on any atom is 0.307 e. The third-order valence-electron chi connectivity index (χ3n) is 1.46. The third kappa shape index (κ3) is 3.81. The van der Waals surface area contributed by atoms with Crippen LogP contribution in [0.25, 0.3) is 0 Å². The van der Waals surface area contributed by atoms with Gasteiger partial charge < -0.3 is 5.11 Å². The summed E-state index contributed by atoms with van der Waals surface area (Å²) in [4.78, 5) is 10.5. The molecule has 1 rings (SSSR count). The van der Waals surface area contributed by atoms with Crippen LogP contribution in [-0.4, -0.2) is 27.0 Å². The van der Waals surface area contributed by atoms with Crippen LogP contribution in [0.4, 0.5) is 0 Å². The second kappa shape index (κ2) is 5.53. The molecule has 0 amide bonds. The fourth-order valence-electron chi connectivity index (χ4n) is 0.686. The average Bonchev–Trinajstić information content (AvgIpc) is 2.51. The quantitative estimate of drug-likeness (QED) is 0.870. The highest BCUT2D eigenvalue weighted by Crippen LogP contribution is 2.21. The summed E-state index contributed by atoms with van der Waals surface area (Å²) >= 11 is 8.44. The van der Waals surface area contributed by atoms with Crippen molar-refractivity contribution in [1.29, 1.82) is 0 Å². The number of carbonyl (C=O) groups is 1. The molecule has 0 fully saturated rings. The van der Waals surface area contributed by atoms with E-state index in [9.17, 15) is 4.79 Å². The topological polar surface area (TPSA) is 63.1 Å². The zero-order valence-corrected chi connectivity index (χ0v) is 9.82. The van der Waals surface area contributed by atoms with Crippen LogP contribution < -0.4 is 0 Å². The number of aliphatic carboxylic acids is 1. The van der Waals surface area contributed by atoms with E-state index in [1.54, 1.807) is 6.92 Å². The van der Waals surface area contributed by atoms with Gasteiger partial charge in [0.15, 0.2) is 0 Å². The molecule has 0 aliphatic heterocycles. The predicted octanol–water partition coefficient (Wildman–Crippen LogP) is 2.15. The number of aromatic nitrogens is 2.